The molecule has 198 valence electrons. The van der Waals surface area contributed by atoms with Gasteiger partial charge in [0, 0.05) is 13.0 Å². The van der Waals surface area contributed by atoms with Crippen LogP contribution in [0.2, 0.25) is 0 Å². The fourth-order valence-corrected chi connectivity index (χ4v) is 5.50. The van der Waals surface area contributed by atoms with Crippen LogP contribution in [0, 0.1) is 0 Å². The standard InChI is InChI=1S/C32H31N3O4/c1-2-39-25-13-11-21(12-14-25)22-7-6-8-23(19-22)28(36)30(38)35-18-15-27-26(20-35)29(37)34-31(33-27)32(16-17-32)24-9-4-3-5-10-24/h3-14,19,28,36H,2,15-18,20H2,1H3,(H,33,34,37). The Hall–Kier alpha value is -4.23. The van der Waals surface area contributed by atoms with Crippen molar-refractivity contribution >= 4 is 5.91 Å². The number of aliphatic hydroxyl groups excluding tert-OH is 1. The van der Waals surface area contributed by atoms with Gasteiger partial charge in [-0.3, -0.25) is 9.59 Å². The highest BCUT2D eigenvalue weighted by atomic mass is 16.5. The Morgan fingerprint density at radius 3 is 2.54 bits per heavy atom. The minimum atomic E-state index is -1.33. The average molecular weight is 522 g/mol. The van der Waals surface area contributed by atoms with Crippen molar-refractivity contribution in [1.29, 1.82) is 0 Å². The maximum absolute atomic E-state index is 13.3. The number of carbonyl (C=O) groups excluding carboxylic acids is 1. The third-order valence-electron chi connectivity index (χ3n) is 7.84. The second-order valence-electron chi connectivity index (χ2n) is 10.3. The molecular formula is C32H31N3O4. The van der Waals surface area contributed by atoms with Crippen LogP contribution in [0.25, 0.3) is 11.1 Å². The van der Waals surface area contributed by atoms with Crippen LogP contribution in [0.1, 0.15) is 54.1 Å². The van der Waals surface area contributed by atoms with Crippen LogP contribution in [0.15, 0.2) is 83.7 Å². The SMILES string of the molecule is CCOc1ccc(-c2cccc(C(O)C(=O)N3CCc4nc(C5(c6ccccc6)CC5)[nH]c(=O)c4C3)c2)cc1. The molecule has 6 rings (SSSR count). The number of nitrogens with one attached hydrogen (secondary N) is 1. The van der Waals surface area contributed by atoms with Crippen LogP contribution in [-0.2, 0) is 23.2 Å². The van der Waals surface area contributed by atoms with Gasteiger partial charge in [-0.05, 0) is 60.2 Å². The number of nitrogens with zero attached hydrogens (tertiary/aromatic N) is 2. The van der Waals surface area contributed by atoms with Crippen molar-refractivity contribution in [3.05, 3.63) is 117 Å². The van der Waals surface area contributed by atoms with E-state index in [2.05, 4.69) is 17.1 Å². The van der Waals surface area contributed by atoms with Crippen molar-refractivity contribution in [2.75, 3.05) is 13.2 Å². The van der Waals surface area contributed by atoms with Crippen molar-refractivity contribution < 1.29 is 14.6 Å². The lowest BCUT2D eigenvalue weighted by atomic mass is 9.94. The van der Waals surface area contributed by atoms with E-state index in [1.165, 1.54) is 0 Å². The zero-order valence-electron chi connectivity index (χ0n) is 21.9. The zero-order valence-corrected chi connectivity index (χ0v) is 21.9. The molecule has 1 aromatic heterocycles. The number of hydrogen-bond acceptors (Lipinski definition) is 5. The highest BCUT2D eigenvalue weighted by Crippen LogP contribution is 2.52. The normalized spacial score (nSPS) is 16.3. The molecule has 1 aliphatic heterocycles. The number of carbonyl (C=O) groups is 1. The molecule has 0 bridgehead atoms. The predicted molar refractivity (Wildman–Crippen MR) is 148 cm³/mol. The first-order valence-electron chi connectivity index (χ1n) is 13.5. The van der Waals surface area contributed by atoms with Gasteiger partial charge in [0.05, 0.1) is 29.8 Å². The summed E-state index contributed by atoms with van der Waals surface area (Å²) in [5.74, 6) is 1.08. The van der Waals surface area contributed by atoms with Crippen LogP contribution in [-0.4, -0.2) is 39.0 Å². The number of aromatic nitrogens is 2. The second-order valence-corrected chi connectivity index (χ2v) is 10.3. The van der Waals surface area contributed by atoms with Gasteiger partial charge in [-0.15, -0.1) is 0 Å². The van der Waals surface area contributed by atoms with Crippen LogP contribution < -0.4 is 10.3 Å². The van der Waals surface area contributed by atoms with E-state index in [4.69, 9.17) is 9.72 Å². The van der Waals surface area contributed by atoms with Crippen LogP contribution >= 0.6 is 0 Å². The largest absolute Gasteiger partial charge is 0.494 e. The van der Waals surface area contributed by atoms with Gasteiger partial charge >= 0.3 is 0 Å². The van der Waals surface area contributed by atoms with Crippen molar-refractivity contribution in [3.8, 4) is 16.9 Å². The Balaban J connectivity index is 1.20. The molecule has 1 saturated carbocycles. The quantitative estimate of drug-likeness (QED) is 0.373. The number of ether oxygens (including phenoxy) is 1. The molecule has 3 aromatic carbocycles. The lowest BCUT2D eigenvalue weighted by molar-refractivity contribution is -0.141. The Kier molecular flexibility index (Phi) is 6.53. The number of amides is 1. The molecule has 39 heavy (non-hydrogen) atoms. The number of H-pyrrole nitrogens is 1. The third-order valence-corrected chi connectivity index (χ3v) is 7.84. The van der Waals surface area contributed by atoms with Gasteiger partial charge < -0.3 is 19.7 Å². The monoisotopic (exact) mass is 521 g/mol. The molecule has 2 heterocycles. The van der Waals surface area contributed by atoms with Gasteiger partial charge in [0.2, 0.25) is 0 Å². The van der Waals surface area contributed by atoms with E-state index in [9.17, 15) is 14.7 Å². The molecule has 7 heteroatoms. The Morgan fingerprint density at radius 1 is 1.05 bits per heavy atom. The molecule has 4 aromatic rings. The summed E-state index contributed by atoms with van der Waals surface area (Å²) in [5.41, 5.74) is 4.34. The van der Waals surface area contributed by atoms with E-state index in [1.807, 2.05) is 67.6 Å². The minimum absolute atomic E-state index is 0.130. The lowest BCUT2D eigenvalue weighted by Crippen LogP contribution is -2.42. The highest BCUT2D eigenvalue weighted by molar-refractivity contribution is 5.83. The summed E-state index contributed by atoms with van der Waals surface area (Å²) in [6, 6.07) is 25.2. The average Bonchev–Trinajstić information content (AvgIpc) is 3.80. The van der Waals surface area contributed by atoms with Gasteiger partial charge in [0.15, 0.2) is 6.10 Å². The molecule has 1 atom stereocenters. The Morgan fingerprint density at radius 2 is 1.82 bits per heavy atom. The van der Waals surface area contributed by atoms with Gasteiger partial charge in [0.25, 0.3) is 11.5 Å². The summed E-state index contributed by atoms with van der Waals surface area (Å²) in [6.45, 7) is 3.07. The summed E-state index contributed by atoms with van der Waals surface area (Å²) in [7, 11) is 0. The maximum Gasteiger partial charge on any atom is 0.256 e. The molecule has 0 saturated heterocycles. The fraction of sp³-hybridized carbons (Fsp3) is 0.281. The summed E-state index contributed by atoms with van der Waals surface area (Å²) in [5, 5.41) is 11.0. The van der Waals surface area contributed by atoms with Crippen molar-refractivity contribution in [1.82, 2.24) is 14.9 Å². The number of hydrogen-bond donors (Lipinski definition) is 2. The molecule has 0 radical (unpaired) electrons. The van der Waals surface area contributed by atoms with E-state index in [0.29, 0.717) is 36.5 Å². The van der Waals surface area contributed by atoms with Gasteiger partial charge in [-0.2, -0.15) is 0 Å². The van der Waals surface area contributed by atoms with E-state index < -0.39 is 12.0 Å². The Labute approximate surface area is 227 Å². The maximum atomic E-state index is 13.3. The van der Waals surface area contributed by atoms with Crippen LogP contribution in [0.3, 0.4) is 0 Å². The predicted octanol–water partition coefficient (Wildman–Crippen LogP) is 4.53. The van der Waals surface area contributed by atoms with Crippen LogP contribution in [0.4, 0.5) is 0 Å². The van der Waals surface area contributed by atoms with Gasteiger partial charge in [-0.25, -0.2) is 4.98 Å². The Bertz CT molecular complexity index is 1560. The molecule has 1 aliphatic carbocycles. The third kappa shape index (κ3) is 4.74. The van der Waals surface area contributed by atoms with E-state index in [-0.39, 0.29) is 17.5 Å². The van der Waals surface area contributed by atoms with E-state index in [1.54, 1.807) is 11.0 Å². The molecular weight excluding hydrogens is 490 g/mol. The molecule has 7 nitrogen and oxygen atoms in total. The number of aromatic amines is 1. The first-order valence-corrected chi connectivity index (χ1v) is 13.5. The fourth-order valence-electron chi connectivity index (χ4n) is 5.50. The molecule has 1 amide bonds. The van der Waals surface area contributed by atoms with E-state index in [0.717, 1.165) is 41.0 Å². The first-order chi connectivity index (χ1) is 19.0. The summed E-state index contributed by atoms with van der Waals surface area (Å²) < 4.78 is 5.52. The topological polar surface area (TPSA) is 95.5 Å². The summed E-state index contributed by atoms with van der Waals surface area (Å²) in [4.78, 5) is 35.9. The summed E-state index contributed by atoms with van der Waals surface area (Å²) in [6.07, 6.45) is 1.05. The highest BCUT2D eigenvalue weighted by Gasteiger charge is 2.48. The molecule has 2 aliphatic rings. The first kappa shape index (κ1) is 25.1. The molecule has 1 fully saturated rings. The number of benzene rings is 3. The molecule has 1 unspecified atom stereocenters. The summed E-state index contributed by atoms with van der Waals surface area (Å²) >= 11 is 0. The van der Waals surface area contributed by atoms with Crippen molar-refractivity contribution in [2.45, 2.75) is 44.2 Å². The zero-order chi connectivity index (χ0) is 27.0. The number of aliphatic hydroxyl groups is 1. The lowest BCUT2D eigenvalue weighted by Gasteiger charge is -2.30. The van der Waals surface area contributed by atoms with E-state index >= 15 is 0 Å². The number of fused-ring (bicyclic) bond motifs is 1. The van der Waals surface area contributed by atoms with Gasteiger partial charge in [-0.1, -0.05) is 60.7 Å². The minimum Gasteiger partial charge on any atom is -0.494 e. The smallest absolute Gasteiger partial charge is 0.256 e. The number of rotatable bonds is 7. The van der Waals surface area contributed by atoms with Crippen molar-refractivity contribution in [2.24, 2.45) is 0 Å². The molecule has 2 N–H and O–H groups in total. The second kappa shape index (κ2) is 10.2. The van der Waals surface area contributed by atoms with Crippen LogP contribution in [0.5, 0.6) is 5.75 Å². The molecule has 0 spiro atoms. The van der Waals surface area contributed by atoms with Crippen molar-refractivity contribution in [3.63, 3.8) is 0 Å². The van der Waals surface area contributed by atoms with Gasteiger partial charge in [0.1, 0.15) is 11.6 Å².